The largest absolute Gasteiger partial charge is 0.481 e. The fraction of sp³-hybridized carbons (Fsp3) is 0.690. The highest BCUT2D eigenvalue weighted by Crippen LogP contribution is 2.41. The summed E-state index contributed by atoms with van der Waals surface area (Å²) in [4.78, 5) is 30.9. The van der Waals surface area contributed by atoms with Crippen molar-refractivity contribution in [3.8, 4) is 0 Å². The van der Waals surface area contributed by atoms with Crippen LogP contribution in [0.1, 0.15) is 93.6 Å². The number of amides is 1. The van der Waals surface area contributed by atoms with Gasteiger partial charge < -0.3 is 24.0 Å². The van der Waals surface area contributed by atoms with Crippen molar-refractivity contribution >= 4 is 23.1 Å². The lowest BCUT2D eigenvalue weighted by Crippen LogP contribution is -2.35. The first-order valence-electron chi connectivity index (χ1n) is 14.0. The average Bonchev–Trinajstić information content (AvgIpc) is 3.33. The maximum absolute atomic E-state index is 12.3. The van der Waals surface area contributed by atoms with Crippen LogP contribution in [0.2, 0.25) is 0 Å². The van der Waals surface area contributed by atoms with Crippen molar-refractivity contribution in [3.05, 3.63) is 29.1 Å². The molecule has 0 unspecified atom stereocenters. The minimum absolute atomic E-state index is 0.246. The number of nitrogens with zero attached hydrogens (tertiary/aromatic N) is 3. The lowest BCUT2D eigenvalue weighted by Gasteiger charge is -2.32. The smallest absolute Gasteiger partial charge is 0.409 e. The molecule has 1 atom stereocenters. The quantitative estimate of drug-likeness (QED) is 0.537. The number of aromatic nitrogens is 2. The number of ether oxygens (including phenoxy) is 2. The van der Waals surface area contributed by atoms with Gasteiger partial charge >= 0.3 is 12.1 Å². The Morgan fingerprint density at radius 3 is 2.46 bits per heavy atom. The summed E-state index contributed by atoms with van der Waals surface area (Å²) in [6, 6.07) is 4.73. The molecular weight excluding hydrogens is 470 g/mol. The van der Waals surface area contributed by atoms with Crippen LogP contribution >= 0.6 is 0 Å². The Kier molecular flexibility index (Phi) is 7.75. The van der Waals surface area contributed by atoms with Crippen LogP contribution in [0.15, 0.2) is 12.1 Å². The van der Waals surface area contributed by atoms with Gasteiger partial charge in [0.25, 0.3) is 0 Å². The van der Waals surface area contributed by atoms with Crippen molar-refractivity contribution < 1.29 is 24.2 Å². The molecule has 0 radical (unpaired) electrons. The Bertz CT molecular complexity index is 1130. The Labute approximate surface area is 219 Å². The van der Waals surface area contributed by atoms with Crippen LogP contribution < -0.4 is 0 Å². The number of carboxylic acid groups (broad SMARTS) is 1. The summed E-state index contributed by atoms with van der Waals surface area (Å²) in [6.07, 6.45) is 9.73. The van der Waals surface area contributed by atoms with Crippen LogP contribution in [0.25, 0.3) is 11.0 Å². The number of benzene rings is 1. The molecule has 2 heterocycles. The number of rotatable bonds is 6. The van der Waals surface area contributed by atoms with Gasteiger partial charge in [-0.1, -0.05) is 6.07 Å². The molecule has 1 aromatic heterocycles. The van der Waals surface area contributed by atoms with E-state index in [0.29, 0.717) is 44.0 Å². The van der Waals surface area contributed by atoms with Crippen LogP contribution in [0.4, 0.5) is 4.79 Å². The van der Waals surface area contributed by atoms with Gasteiger partial charge in [0.05, 0.1) is 36.7 Å². The molecule has 1 N–H and O–H groups in total. The third kappa shape index (κ3) is 5.22. The van der Waals surface area contributed by atoms with E-state index in [4.69, 9.17) is 14.5 Å². The Morgan fingerprint density at radius 1 is 1.08 bits per heavy atom. The molecule has 0 saturated heterocycles. The lowest BCUT2D eigenvalue weighted by molar-refractivity contribution is -0.142. The summed E-state index contributed by atoms with van der Waals surface area (Å²) >= 11 is 0. The number of methoxy groups -OCH3 is 2. The van der Waals surface area contributed by atoms with E-state index in [2.05, 4.69) is 23.6 Å². The number of carboxylic acids is 1. The third-order valence-corrected chi connectivity index (χ3v) is 9.21. The van der Waals surface area contributed by atoms with Gasteiger partial charge in [0.2, 0.25) is 0 Å². The minimum atomic E-state index is -0.677. The van der Waals surface area contributed by atoms with Gasteiger partial charge in [0.15, 0.2) is 0 Å². The molecule has 202 valence electrons. The maximum Gasteiger partial charge on any atom is 0.409 e. The van der Waals surface area contributed by atoms with Crippen molar-refractivity contribution in [2.24, 2.45) is 11.8 Å². The highest BCUT2D eigenvalue weighted by molar-refractivity contribution is 5.82. The van der Waals surface area contributed by atoms with Crippen molar-refractivity contribution in [1.82, 2.24) is 14.5 Å². The number of fused-ring (bicyclic) bond motifs is 3. The second kappa shape index (κ2) is 11.0. The summed E-state index contributed by atoms with van der Waals surface area (Å²) in [6.45, 7) is 3.48. The molecule has 2 aromatic rings. The summed E-state index contributed by atoms with van der Waals surface area (Å²) in [7, 11) is 3.25. The third-order valence-electron chi connectivity index (χ3n) is 9.21. The Morgan fingerprint density at radius 2 is 1.81 bits per heavy atom. The molecule has 0 bridgehead atoms. The van der Waals surface area contributed by atoms with E-state index in [1.807, 2.05) is 7.11 Å². The van der Waals surface area contributed by atoms with Crippen molar-refractivity contribution in [2.75, 3.05) is 20.8 Å². The van der Waals surface area contributed by atoms with Crippen molar-refractivity contribution in [3.63, 3.8) is 0 Å². The van der Waals surface area contributed by atoms with Gasteiger partial charge in [-0.3, -0.25) is 4.79 Å². The van der Waals surface area contributed by atoms with Gasteiger partial charge in [0.1, 0.15) is 5.82 Å². The molecule has 37 heavy (non-hydrogen) atoms. The van der Waals surface area contributed by atoms with Crippen LogP contribution in [0.5, 0.6) is 0 Å². The first-order chi connectivity index (χ1) is 17.9. The van der Waals surface area contributed by atoms with Crippen molar-refractivity contribution in [1.29, 1.82) is 0 Å². The van der Waals surface area contributed by atoms with E-state index >= 15 is 0 Å². The zero-order valence-electron chi connectivity index (χ0n) is 22.4. The number of carbonyl (C=O) groups is 2. The molecule has 2 fully saturated rings. The Balaban J connectivity index is 1.49. The van der Waals surface area contributed by atoms with E-state index in [9.17, 15) is 14.7 Å². The molecule has 1 aromatic carbocycles. The van der Waals surface area contributed by atoms with Gasteiger partial charge in [0, 0.05) is 31.2 Å². The number of imidazole rings is 1. The molecule has 3 aliphatic rings. The number of hydrogen-bond donors (Lipinski definition) is 1. The van der Waals surface area contributed by atoms with E-state index < -0.39 is 5.97 Å². The highest BCUT2D eigenvalue weighted by Gasteiger charge is 2.33. The molecule has 8 nitrogen and oxygen atoms in total. The summed E-state index contributed by atoms with van der Waals surface area (Å²) in [5, 5.41) is 9.52. The summed E-state index contributed by atoms with van der Waals surface area (Å²) in [5.74, 6) is 1.10. The second-order valence-electron chi connectivity index (χ2n) is 11.4. The standard InChI is InChI=1S/C29H41N3O5/c1-18(16-19-4-11-23(36-2)12-5-19)32-25-13-10-20-14-15-31(29(35)37-3)17-24(20)26(25)30-27(32)21-6-8-22(9-7-21)28(33)34/h10,13,18-19,21-23H,4-9,11-12,14-17H2,1-3H3,(H,33,34)/t18-,19?,21?,22?,23?/m1/s1. The van der Waals surface area contributed by atoms with Gasteiger partial charge in [-0.05, 0) is 88.7 Å². The van der Waals surface area contributed by atoms with Crippen LogP contribution in [0, 0.1) is 11.8 Å². The first kappa shape index (κ1) is 26.0. The number of aliphatic carboxylic acids is 1. The second-order valence-corrected chi connectivity index (χ2v) is 11.4. The van der Waals surface area contributed by atoms with Gasteiger partial charge in [-0.25, -0.2) is 9.78 Å². The molecule has 1 amide bonds. The number of hydrogen-bond acceptors (Lipinski definition) is 5. The average molecular weight is 512 g/mol. The normalized spacial score (nSPS) is 27.1. The fourth-order valence-corrected chi connectivity index (χ4v) is 7.04. The zero-order valence-corrected chi connectivity index (χ0v) is 22.4. The van der Waals surface area contributed by atoms with Crippen LogP contribution in [0.3, 0.4) is 0 Å². The zero-order chi connectivity index (χ0) is 26.1. The molecule has 5 rings (SSSR count). The lowest BCUT2D eigenvalue weighted by atomic mass is 9.81. The molecule has 2 aliphatic carbocycles. The highest BCUT2D eigenvalue weighted by atomic mass is 16.5. The van der Waals surface area contributed by atoms with Crippen molar-refractivity contribution in [2.45, 2.75) is 95.7 Å². The summed E-state index contributed by atoms with van der Waals surface area (Å²) in [5.41, 5.74) is 4.51. The van der Waals surface area contributed by atoms with E-state index in [0.717, 1.165) is 60.9 Å². The van der Waals surface area contributed by atoms with Crippen LogP contribution in [-0.4, -0.2) is 58.5 Å². The molecule has 2 saturated carbocycles. The van der Waals surface area contributed by atoms with Crippen LogP contribution in [-0.2, 0) is 27.2 Å². The fourth-order valence-electron chi connectivity index (χ4n) is 7.04. The first-order valence-corrected chi connectivity index (χ1v) is 14.0. The SMILES string of the molecule is COC(=O)N1CCc2ccc3c(nc(C4CCC(C(=O)O)CC4)n3[C@H](C)CC3CCC(OC)CC3)c2C1. The minimum Gasteiger partial charge on any atom is -0.481 e. The predicted molar refractivity (Wildman–Crippen MR) is 141 cm³/mol. The molecular formula is C29H41N3O5. The predicted octanol–water partition coefficient (Wildman–Crippen LogP) is 5.68. The Hall–Kier alpha value is -2.61. The number of carbonyl (C=O) groups excluding carboxylic acids is 1. The molecule has 8 heteroatoms. The molecule has 1 aliphatic heterocycles. The topological polar surface area (TPSA) is 93.9 Å². The van der Waals surface area contributed by atoms with E-state index in [1.54, 1.807) is 4.90 Å². The van der Waals surface area contributed by atoms with E-state index in [-0.39, 0.29) is 17.9 Å². The maximum atomic E-state index is 12.3. The monoisotopic (exact) mass is 511 g/mol. The van der Waals surface area contributed by atoms with Gasteiger partial charge in [-0.2, -0.15) is 0 Å². The molecule has 0 spiro atoms. The summed E-state index contributed by atoms with van der Waals surface area (Å²) < 4.78 is 13.1. The van der Waals surface area contributed by atoms with Gasteiger partial charge in [-0.15, -0.1) is 0 Å². The van der Waals surface area contributed by atoms with E-state index in [1.165, 1.54) is 25.5 Å².